The Kier molecular flexibility index (Phi) is 6.74. The molecule has 184 valence electrons. The molecule has 3 aromatic carbocycles. The number of primary amides is 1. The van der Waals surface area contributed by atoms with Crippen molar-refractivity contribution in [2.24, 2.45) is 5.73 Å². The van der Waals surface area contributed by atoms with Crippen LogP contribution in [-0.2, 0) is 6.42 Å². The van der Waals surface area contributed by atoms with Crippen LogP contribution >= 0.6 is 0 Å². The number of nitrogens with zero attached hydrogens (tertiary/aromatic N) is 3. The molecule has 0 unspecified atom stereocenters. The third kappa shape index (κ3) is 5.39. The molecule has 0 saturated carbocycles. The van der Waals surface area contributed by atoms with Gasteiger partial charge in [0.05, 0.1) is 11.1 Å². The summed E-state index contributed by atoms with van der Waals surface area (Å²) in [7, 11) is 5.81. The smallest absolute Gasteiger partial charge is 0.272 e. The molecule has 2 radical (unpaired) electrons. The third-order valence-corrected chi connectivity index (χ3v) is 6.36. The summed E-state index contributed by atoms with van der Waals surface area (Å²) in [5.74, 6) is 0.477. The number of rotatable bonds is 6. The molecule has 0 aliphatic carbocycles. The number of carbonyl (C=O) groups is 2. The lowest BCUT2D eigenvalue weighted by atomic mass is 10.0. The highest BCUT2D eigenvalue weighted by atomic mass is 16.5. The highest BCUT2D eigenvalue weighted by Gasteiger charge is 2.20. The third-order valence-electron chi connectivity index (χ3n) is 6.36. The standard InChI is InChI=1S/C27H24BN5O4/c28-33-12-10-32(11-13-33)27(36)19-3-1-2-17(14-19)15-24-23-16-21(8-9-22(23)26(35)31-30-24)37-20-6-4-18(5-7-20)25(29)34/h1-9,14,16H,10-13,15H2,(H2,29,34)(H,31,35). The zero-order chi connectivity index (χ0) is 25.9. The monoisotopic (exact) mass is 493 g/mol. The Morgan fingerprint density at radius 3 is 2.38 bits per heavy atom. The topological polar surface area (TPSA) is 122 Å². The highest BCUT2D eigenvalue weighted by molar-refractivity contribution is 6.04. The quantitative estimate of drug-likeness (QED) is 0.398. The predicted octanol–water partition coefficient (Wildman–Crippen LogP) is 2.25. The van der Waals surface area contributed by atoms with Crippen LogP contribution in [0.4, 0.5) is 0 Å². The summed E-state index contributed by atoms with van der Waals surface area (Å²) >= 11 is 0. The minimum absolute atomic E-state index is 0.0349. The van der Waals surface area contributed by atoms with Crippen molar-refractivity contribution >= 4 is 30.6 Å². The number of carbonyl (C=O) groups excluding carboxylic acids is 2. The van der Waals surface area contributed by atoms with Crippen molar-refractivity contribution in [3.8, 4) is 11.5 Å². The Balaban J connectivity index is 1.40. The van der Waals surface area contributed by atoms with Crippen molar-refractivity contribution in [1.82, 2.24) is 19.9 Å². The van der Waals surface area contributed by atoms with Crippen LogP contribution in [0.25, 0.3) is 10.8 Å². The number of fused-ring (bicyclic) bond motifs is 1. The number of ether oxygens (including phenoxy) is 1. The van der Waals surface area contributed by atoms with E-state index in [0.717, 1.165) is 5.56 Å². The Hall–Kier alpha value is -4.44. The van der Waals surface area contributed by atoms with Crippen molar-refractivity contribution in [3.05, 3.63) is 99.5 Å². The Morgan fingerprint density at radius 2 is 1.65 bits per heavy atom. The molecule has 2 heterocycles. The summed E-state index contributed by atoms with van der Waals surface area (Å²) < 4.78 is 5.94. The van der Waals surface area contributed by atoms with Gasteiger partial charge in [0.15, 0.2) is 7.98 Å². The Labute approximate surface area is 214 Å². The molecular formula is C27H24BN5O4. The largest absolute Gasteiger partial charge is 0.457 e. The first-order valence-corrected chi connectivity index (χ1v) is 11.8. The van der Waals surface area contributed by atoms with Gasteiger partial charge in [0.1, 0.15) is 11.5 Å². The van der Waals surface area contributed by atoms with Gasteiger partial charge in [-0.05, 0) is 60.2 Å². The van der Waals surface area contributed by atoms with E-state index in [-0.39, 0.29) is 11.5 Å². The van der Waals surface area contributed by atoms with E-state index < -0.39 is 5.91 Å². The first kappa shape index (κ1) is 24.3. The van der Waals surface area contributed by atoms with E-state index in [2.05, 4.69) is 10.2 Å². The molecule has 37 heavy (non-hydrogen) atoms. The van der Waals surface area contributed by atoms with Gasteiger partial charge < -0.3 is 20.2 Å². The van der Waals surface area contributed by atoms with Gasteiger partial charge in [0.25, 0.3) is 11.5 Å². The lowest BCUT2D eigenvalue weighted by Gasteiger charge is -2.33. The van der Waals surface area contributed by atoms with Gasteiger partial charge in [-0.3, -0.25) is 14.4 Å². The number of hydrogen-bond acceptors (Lipinski definition) is 6. The van der Waals surface area contributed by atoms with Crippen molar-refractivity contribution in [2.45, 2.75) is 6.42 Å². The number of hydrogen-bond donors (Lipinski definition) is 2. The molecule has 1 aliphatic heterocycles. The zero-order valence-corrected chi connectivity index (χ0v) is 20.0. The predicted molar refractivity (Wildman–Crippen MR) is 140 cm³/mol. The van der Waals surface area contributed by atoms with E-state index in [1.165, 1.54) is 0 Å². The van der Waals surface area contributed by atoms with E-state index in [4.69, 9.17) is 18.5 Å². The molecule has 9 nitrogen and oxygen atoms in total. The average molecular weight is 493 g/mol. The van der Waals surface area contributed by atoms with E-state index in [0.29, 0.717) is 71.7 Å². The van der Waals surface area contributed by atoms with Crippen molar-refractivity contribution in [3.63, 3.8) is 0 Å². The number of H-pyrrole nitrogens is 1. The number of nitrogens with one attached hydrogen (secondary N) is 1. The molecule has 1 aliphatic rings. The van der Waals surface area contributed by atoms with Gasteiger partial charge in [-0.15, -0.1) is 0 Å². The fourth-order valence-corrected chi connectivity index (χ4v) is 4.34. The van der Waals surface area contributed by atoms with Crippen LogP contribution < -0.4 is 16.0 Å². The SMILES string of the molecule is [B]N1CCN(C(=O)c2cccc(Cc3n[nH]c(=O)c4ccc(Oc5ccc(C(N)=O)cc5)cc34)c2)CC1. The first-order valence-electron chi connectivity index (χ1n) is 11.8. The van der Waals surface area contributed by atoms with Gasteiger partial charge in [-0.1, -0.05) is 12.1 Å². The normalized spacial score (nSPS) is 14.0. The van der Waals surface area contributed by atoms with Crippen molar-refractivity contribution in [2.75, 3.05) is 26.2 Å². The van der Waals surface area contributed by atoms with E-state index in [1.54, 1.807) is 58.2 Å². The molecule has 4 aromatic rings. The van der Waals surface area contributed by atoms with E-state index in [9.17, 15) is 14.4 Å². The summed E-state index contributed by atoms with van der Waals surface area (Å²) in [4.78, 5) is 40.2. The summed E-state index contributed by atoms with van der Waals surface area (Å²) in [6.07, 6.45) is 0.405. The number of aromatic amines is 1. The van der Waals surface area contributed by atoms with Gasteiger partial charge in [-0.25, -0.2) is 5.10 Å². The van der Waals surface area contributed by atoms with Crippen LogP contribution in [0.15, 0.2) is 71.5 Å². The molecule has 0 spiro atoms. The van der Waals surface area contributed by atoms with Crippen LogP contribution in [-0.4, -0.2) is 65.9 Å². The lowest BCUT2D eigenvalue weighted by molar-refractivity contribution is 0.0699. The number of benzene rings is 3. The molecule has 1 aromatic heterocycles. The average Bonchev–Trinajstić information content (AvgIpc) is 2.91. The summed E-state index contributed by atoms with van der Waals surface area (Å²) in [5, 5.41) is 7.98. The molecule has 5 rings (SSSR count). The second-order valence-corrected chi connectivity index (χ2v) is 8.90. The van der Waals surface area contributed by atoms with Gasteiger partial charge in [-0.2, -0.15) is 5.10 Å². The second-order valence-electron chi connectivity index (χ2n) is 8.90. The fourth-order valence-electron chi connectivity index (χ4n) is 4.34. The number of piperazine rings is 1. The number of nitrogens with two attached hydrogens (primary N) is 1. The molecule has 3 N–H and O–H groups in total. The summed E-state index contributed by atoms with van der Waals surface area (Å²) in [6, 6.07) is 19.0. The maximum Gasteiger partial charge on any atom is 0.272 e. The maximum absolute atomic E-state index is 13.0. The van der Waals surface area contributed by atoms with Crippen LogP contribution in [0, 0.1) is 0 Å². The van der Waals surface area contributed by atoms with E-state index >= 15 is 0 Å². The maximum atomic E-state index is 13.0. The lowest BCUT2D eigenvalue weighted by Crippen LogP contribution is -2.47. The second kappa shape index (κ2) is 10.3. The Bertz CT molecular complexity index is 1530. The molecule has 1 fully saturated rings. The minimum Gasteiger partial charge on any atom is -0.457 e. The number of aromatic nitrogens is 2. The number of amides is 2. The Morgan fingerprint density at radius 1 is 0.919 bits per heavy atom. The molecule has 0 atom stereocenters. The van der Waals surface area contributed by atoms with Crippen LogP contribution in [0.5, 0.6) is 11.5 Å². The molecule has 10 heteroatoms. The van der Waals surface area contributed by atoms with Gasteiger partial charge >= 0.3 is 0 Å². The van der Waals surface area contributed by atoms with Gasteiger partial charge in [0.2, 0.25) is 5.91 Å². The zero-order valence-electron chi connectivity index (χ0n) is 20.0. The minimum atomic E-state index is -0.518. The van der Waals surface area contributed by atoms with Crippen LogP contribution in [0.1, 0.15) is 32.0 Å². The molecule has 1 saturated heterocycles. The summed E-state index contributed by atoms with van der Waals surface area (Å²) in [6.45, 7) is 2.44. The van der Waals surface area contributed by atoms with Crippen LogP contribution in [0.3, 0.4) is 0 Å². The van der Waals surface area contributed by atoms with Crippen molar-refractivity contribution in [1.29, 1.82) is 0 Å². The molecular weight excluding hydrogens is 469 g/mol. The van der Waals surface area contributed by atoms with Crippen molar-refractivity contribution < 1.29 is 14.3 Å². The first-order chi connectivity index (χ1) is 17.9. The highest BCUT2D eigenvalue weighted by Crippen LogP contribution is 2.27. The van der Waals surface area contributed by atoms with Crippen LogP contribution in [0.2, 0.25) is 0 Å². The fraction of sp³-hybridized carbons (Fsp3) is 0.185. The van der Waals surface area contributed by atoms with Gasteiger partial charge in [0, 0.05) is 49.1 Å². The molecule has 0 bridgehead atoms. The molecule has 2 amide bonds. The van der Waals surface area contributed by atoms with E-state index in [1.807, 2.05) is 18.2 Å². The summed E-state index contributed by atoms with van der Waals surface area (Å²) in [5.41, 5.74) is 7.50.